The summed E-state index contributed by atoms with van der Waals surface area (Å²) in [6.45, 7) is 7.25. The van der Waals surface area contributed by atoms with Crippen molar-refractivity contribution >= 4 is 11.9 Å². The number of aliphatic hydroxyl groups is 1. The molecule has 1 aromatic rings. The molecule has 2 rings (SSSR count). The van der Waals surface area contributed by atoms with E-state index < -0.39 is 5.97 Å². The lowest BCUT2D eigenvalue weighted by Crippen LogP contribution is -2.24. The fourth-order valence-electron chi connectivity index (χ4n) is 3.89. The first-order valence-electron chi connectivity index (χ1n) is 11.2. The van der Waals surface area contributed by atoms with Crippen LogP contribution in [0.3, 0.4) is 0 Å². The minimum absolute atomic E-state index is 0.00588. The lowest BCUT2D eigenvalue weighted by Gasteiger charge is -2.28. The minimum Gasteiger partial charge on any atom is -0.462 e. The molecule has 5 heteroatoms. The van der Waals surface area contributed by atoms with Crippen molar-refractivity contribution < 1.29 is 24.2 Å². The second-order valence-electron chi connectivity index (χ2n) is 8.42. The molecule has 0 bridgehead atoms. The third-order valence-corrected chi connectivity index (χ3v) is 5.89. The Morgan fingerprint density at radius 1 is 1.13 bits per heavy atom. The highest BCUT2D eigenvalue weighted by atomic mass is 16.5. The van der Waals surface area contributed by atoms with Crippen molar-refractivity contribution in [2.24, 2.45) is 5.92 Å². The van der Waals surface area contributed by atoms with Crippen molar-refractivity contribution in [3.8, 4) is 0 Å². The van der Waals surface area contributed by atoms with Gasteiger partial charge in [-0.25, -0.2) is 9.59 Å². The largest absolute Gasteiger partial charge is 0.462 e. The highest BCUT2D eigenvalue weighted by Crippen LogP contribution is 2.30. The average Bonchev–Trinajstić information content (AvgIpc) is 2.75. The lowest BCUT2D eigenvalue weighted by atomic mass is 9.84. The number of hydrogen-bond donors (Lipinski definition) is 1. The van der Waals surface area contributed by atoms with E-state index >= 15 is 0 Å². The Morgan fingerprint density at radius 2 is 1.80 bits per heavy atom. The zero-order valence-electron chi connectivity index (χ0n) is 18.4. The number of aliphatic hydroxyl groups excluding tert-OH is 1. The molecular formula is C25H36O5. The summed E-state index contributed by atoms with van der Waals surface area (Å²) >= 11 is 0. The number of benzene rings is 1. The van der Waals surface area contributed by atoms with Crippen LogP contribution in [-0.2, 0) is 14.3 Å². The Balaban J connectivity index is 1.82. The van der Waals surface area contributed by atoms with Crippen molar-refractivity contribution in [2.45, 2.75) is 77.2 Å². The van der Waals surface area contributed by atoms with Crippen molar-refractivity contribution in [2.75, 3.05) is 13.2 Å². The molecule has 1 aliphatic carbocycles. The first-order chi connectivity index (χ1) is 14.4. The van der Waals surface area contributed by atoms with Crippen LogP contribution < -0.4 is 0 Å². The van der Waals surface area contributed by atoms with Gasteiger partial charge in [0.25, 0.3) is 0 Å². The topological polar surface area (TPSA) is 72.8 Å². The van der Waals surface area contributed by atoms with Gasteiger partial charge in [-0.05, 0) is 56.2 Å². The van der Waals surface area contributed by atoms with Gasteiger partial charge in [-0.1, -0.05) is 51.3 Å². The number of carbonyl (C=O) groups excluding carboxylic acids is 2. The normalized spacial score (nSPS) is 19.7. The Bertz CT molecular complexity index is 686. The number of hydrogen-bond acceptors (Lipinski definition) is 5. The van der Waals surface area contributed by atoms with E-state index in [9.17, 15) is 14.7 Å². The van der Waals surface area contributed by atoms with E-state index in [1.807, 2.05) is 0 Å². The van der Waals surface area contributed by atoms with E-state index in [4.69, 9.17) is 9.47 Å². The second-order valence-corrected chi connectivity index (χ2v) is 8.42. The molecule has 0 amide bonds. The van der Waals surface area contributed by atoms with Crippen LogP contribution >= 0.6 is 0 Å². The fraction of sp³-hybridized carbons (Fsp3) is 0.600. The molecular weight excluding hydrogens is 380 g/mol. The minimum atomic E-state index is -0.478. The Kier molecular flexibility index (Phi) is 10.1. The molecule has 0 radical (unpaired) electrons. The molecule has 30 heavy (non-hydrogen) atoms. The molecule has 1 fully saturated rings. The summed E-state index contributed by atoms with van der Waals surface area (Å²) in [6, 6.07) is 6.96. The Hall–Kier alpha value is -2.14. The molecule has 1 aliphatic rings. The van der Waals surface area contributed by atoms with Crippen LogP contribution in [0.2, 0.25) is 0 Å². The molecule has 1 aromatic carbocycles. The van der Waals surface area contributed by atoms with Crippen molar-refractivity contribution in [1.29, 1.82) is 0 Å². The molecule has 0 heterocycles. The van der Waals surface area contributed by atoms with E-state index in [0.29, 0.717) is 11.1 Å². The first-order valence-corrected chi connectivity index (χ1v) is 11.2. The van der Waals surface area contributed by atoms with E-state index in [0.717, 1.165) is 37.2 Å². The van der Waals surface area contributed by atoms with Crippen LogP contribution in [0.25, 0.3) is 0 Å². The van der Waals surface area contributed by atoms with Crippen LogP contribution in [0, 0.1) is 5.92 Å². The summed E-state index contributed by atoms with van der Waals surface area (Å²) in [4.78, 5) is 24.0. The molecule has 1 N–H and O–H groups in total. The molecule has 1 unspecified atom stereocenters. The van der Waals surface area contributed by atoms with E-state index in [1.165, 1.54) is 25.7 Å². The molecule has 0 spiro atoms. The van der Waals surface area contributed by atoms with Gasteiger partial charge in [0.1, 0.15) is 12.7 Å². The molecule has 0 saturated heterocycles. The predicted molar refractivity (Wildman–Crippen MR) is 117 cm³/mol. The maximum atomic E-state index is 12.5. The maximum Gasteiger partial charge on any atom is 0.338 e. The Labute approximate surface area is 180 Å². The average molecular weight is 417 g/mol. The first kappa shape index (κ1) is 24.1. The summed E-state index contributed by atoms with van der Waals surface area (Å²) in [6.07, 6.45) is 9.34. The van der Waals surface area contributed by atoms with E-state index in [-0.39, 0.29) is 31.2 Å². The molecule has 1 atom stereocenters. The molecule has 5 nitrogen and oxygen atoms in total. The number of unbranched alkanes of at least 4 members (excludes halogenated alkanes) is 2. The van der Waals surface area contributed by atoms with E-state index in [2.05, 4.69) is 13.5 Å². The summed E-state index contributed by atoms with van der Waals surface area (Å²) in [5, 5.41) is 9.61. The van der Waals surface area contributed by atoms with Gasteiger partial charge < -0.3 is 14.6 Å². The van der Waals surface area contributed by atoms with Crippen molar-refractivity contribution in [3.63, 3.8) is 0 Å². The van der Waals surface area contributed by atoms with Crippen molar-refractivity contribution in [1.82, 2.24) is 0 Å². The SMILES string of the molecule is C=C(C)C(=O)OCC(CO)c1ccc(C(=O)OC2CCC(CCCCC)CC2)cc1. The van der Waals surface area contributed by atoms with Gasteiger partial charge in [0, 0.05) is 11.5 Å². The zero-order valence-corrected chi connectivity index (χ0v) is 18.4. The third-order valence-electron chi connectivity index (χ3n) is 5.89. The number of esters is 2. The number of rotatable bonds is 11. The van der Waals surface area contributed by atoms with Gasteiger partial charge in [0.05, 0.1) is 12.2 Å². The second kappa shape index (κ2) is 12.5. The molecule has 0 aliphatic heterocycles. The van der Waals surface area contributed by atoms with E-state index in [1.54, 1.807) is 31.2 Å². The van der Waals surface area contributed by atoms with Gasteiger partial charge in [0.15, 0.2) is 0 Å². The summed E-state index contributed by atoms with van der Waals surface area (Å²) < 4.78 is 10.9. The monoisotopic (exact) mass is 416 g/mol. The summed E-state index contributed by atoms with van der Waals surface area (Å²) in [5.74, 6) is -0.347. The summed E-state index contributed by atoms with van der Waals surface area (Å²) in [7, 11) is 0. The van der Waals surface area contributed by atoms with Gasteiger partial charge in [-0.2, -0.15) is 0 Å². The third kappa shape index (κ3) is 7.60. The van der Waals surface area contributed by atoms with Crippen LogP contribution in [-0.4, -0.2) is 36.4 Å². The lowest BCUT2D eigenvalue weighted by molar-refractivity contribution is -0.139. The highest BCUT2D eigenvalue weighted by molar-refractivity contribution is 5.89. The van der Waals surface area contributed by atoms with Gasteiger partial charge in [-0.3, -0.25) is 0 Å². The molecule has 166 valence electrons. The van der Waals surface area contributed by atoms with Crippen LogP contribution in [0.1, 0.15) is 87.1 Å². The highest BCUT2D eigenvalue weighted by Gasteiger charge is 2.24. The molecule has 0 aromatic heterocycles. The maximum absolute atomic E-state index is 12.5. The smallest absolute Gasteiger partial charge is 0.338 e. The summed E-state index contributed by atoms with van der Waals surface area (Å²) in [5.41, 5.74) is 1.62. The van der Waals surface area contributed by atoms with Crippen LogP contribution in [0.15, 0.2) is 36.4 Å². The quantitative estimate of drug-likeness (QED) is 0.306. The number of carbonyl (C=O) groups is 2. The molecule has 1 saturated carbocycles. The number of ether oxygens (including phenoxy) is 2. The zero-order chi connectivity index (χ0) is 21.9. The van der Waals surface area contributed by atoms with Crippen molar-refractivity contribution in [3.05, 3.63) is 47.5 Å². The van der Waals surface area contributed by atoms with Gasteiger partial charge in [-0.15, -0.1) is 0 Å². The van der Waals surface area contributed by atoms with Crippen LogP contribution in [0.5, 0.6) is 0 Å². The van der Waals surface area contributed by atoms with Gasteiger partial charge >= 0.3 is 11.9 Å². The Morgan fingerprint density at radius 3 is 2.37 bits per heavy atom. The standard InChI is InChI=1S/C25H36O5/c1-4-5-6-7-19-8-14-23(15-9-19)30-25(28)21-12-10-20(11-13-21)22(16-26)17-29-24(27)18(2)3/h10-13,19,22-23,26H,2,4-9,14-17H2,1,3H3. The van der Waals surface area contributed by atoms with Gasteiger partial charge in [0.2, 0.25) is 0 Å². The fourth-order valence-corrected chi connectivity index (χ4v) is 3.89. The predicted octanol–water partition coefficient (Wildman–Crippen LogP) is 5.18. The van der Waals surface area contributed by atoms with Crippen LogP contribution in [0.4, 0.5) is 0 Å².